The molecular weight excluding hydrogens is 248 g/mol. The van der Waals surface area contributed by atoms with Gasteiger partial charge in [-0.05, 0) is 27.2 Å². The highest BCUT2D eigenvalue weighted by Gasteiger charge is 2.25. The topological polar surface area (TPSA) is 59.1 Å². The standard InChI is InChI=1S/C13H24N2O4/c1-13(2,3)19-12(17)15-7-5-6-14(8-9-15)11(16)10-18-4/h5-10H2,1-4H3. The lowest BCUT2D eigenvalue weighted by Gasteiger charge is -2.26. The molecule has 0 spiro atoms. The summed E-state index contributed by atoms with van der Waals surface area (Å²) in [5.41, 5.74) is -0.491. The maximum Gasteiger partial charge on any atom is 0.410 e. The Labute approximate surface area is 114 Å². The fourth-order valence-corrected chi connectivity index (χ4v) is 1.89. The maximum atomic E-state index is 11.9. The summed E-state index contributed by atoms with van der Waals surface area (Å²) in [4.78, 5) is 27.1. The first-order chi connectivity index (χ1) is 8.83. The number of hydrogen-bond acceptors (Lipinski definition) is 4. The number of ether oxygens (including phenoxy) is 2. The van der Waals surface area contributed by atoms with E-state index in [0.29, 0.717) is 26.2 Å². The number of nitrogens with zero attached hydrogens (tertiary/aromatic N) is 2. The van der Waals surface area contributed by atoms with Crippen molar-refractivity contribution in [2.45, 2.75) is 32.8 Å². The fraction of sp³-hybridized carbons (Fsp3) is 0.846. The van der Waals surface area contributed by atoms with Gasteiger partial charge in [0.15, 0.2) is 0 Å². The van der Waals surface area contributed by atoms with Crippen molar-refractivity contribution in [3.63, 3.8) is 0 Å². The first-order valence-corrected chi connectivity index (χ1v) is 6.58. The van der Waals surface area contributed by atoms with Gasteiger partial charge in [0, 0.05) is 33.3 Å². The normalized spacial score (nSPS) is 17.1. The molecule has 1 aliphatic heterocycles. The van der Waals surface area contributed by atoms with E-state index in [2.05, 4.69) is 0 Å². The van der Waals surface area contributed by atoms with Crippen LogP contribution in [0.5, 0.6) is 0 Å². The average molecular weight is 272 g/mol. The Morgan fingerprint density at radius 1 is 1.05 bits per heavy atom. The maximum absolute atomic E-state index is 11.9. The van der Waals surface area contributed by atoms with Gasteiger partial charge in [0.25, 0.3) is 0 Å². The van der Waals surface area contributed by atoms with Gasteiger partial charge in [-0.15, -0.1) is 0 Å². The molecule has 1 saturated heterocycles. The highest BCUT2D eigenvalue weighted by Crippen LogP contribution is 2.12. The molecule has 0 radical (unpaired) electrons. The Morgan fingerprint density at radius 2 is 1.63 bits per heavy atom. The summed E-state index contributed by atoms with van der Waals surface area (Å²) < 4.78 is 10.2. The van der Waals surface area contributed by atoms with Crippen LogP contribution in [-0.4, -0.2) is 67.3 Å². The van der Waals surface area contributed by atoms with Crippen molar-refractivity contribution in [1.29, 1.82) is 0 Å². The minimum absolute atomic E-state index is 0.0338. The Bertz CT molecular complexity index is 325. The molecule has 2 amide bonds. The molecule has 0 bridgehead atoms. The van der Waals surface area contributed by atoms with Gasteiger partial charge in [0.2, 0.25) is 5.91 Å². The van der Waals surface area contributed by atoms with Gasteiger partial charge in [-0.1, -0.05) is 0 Å². The van der Waals surface area contributed by atoms with E-state index in [1.807, 2.05) is 20.8 Å². The lowest BCUT2D eigenvalue weighted by atomic mass is 10.2. The van der Waals surface area contributed by atoms with Gasteiger partial charge in [0.1, 0.15) is 12.2 Å². The van der Waals surface area contributed by atoms with Crippen LogP contribution in [0.15, 0.2) is 0 Å². The summed E-state index contributed by atoms with van der Waals surface area (Å²) >= 11 is 0. The highest BCUT2D eigenvalue weighted by molar-refractivity contribution is 5.77. The molecule has 1 rings (SSSR count). The third-order valence-electron chi connectivity index (χ3n) is 2.77. The van der Waals surface area contributed by atoms with Crippen molar-refractivity contribution in [2.75, 3.05) is 39.9 Å². The number of carbonyl (C=O) groups excluding carboxylic acids is 2. The number of rotatable bonds is 2. The third-order valence-corrected chi connectivity index (χ3v) is 2.77. The number of hydrogen-bond donors (Lipinski definition) is 0. The molecular formula is C13H24N2O4. The third kappa shape index (κ3) is 5.46. The first kappa shape index (κ1) is 15.8. The zero-order chi connectivity index (χ0) is 14.5. The Balaban J connectivity index is 2.50. The molecule has 0 atom stereocenters. The SMILES string of the molecule is COCC(=O)N1CCCN(C(=O)OC(C)(C)C)CC1. The molecule has 1 heterocycles. The van der Waals surface area contributed by atoms with Crippen molar-refractivity contribution in [3.05, 3.63) is 0 Å². The van der Waals surface area contributed by atoms with Crippen molar-refractivity contribution < 1.29 is 19.1 Å². The van der Waals surface area contributed by atoms with Crippen LogP contribution in [0.3, 0.4) is 0 Å². The summed E-state index contributed by atoms with van der Waals surface area (Å²) in [5, 5.41) is 0. The molecule has 0 aromatic carbocycles. The predicted octanol–water partition coefficient (Wildman–Crippen LogP) is 1.10. The second-order valence-electron chi connectivity index (χ2n) is 5.63. The second kappa shape index (κ2) is 6.75. The van der Waals surface area contributed by atoms with Crippen LogP contribution in [0.4, 0.5) is 4.79 Å². The molecule has 1 fully saturated rings. The van der Waals surface area contributed by atoms with Gasteiger partial charge < -0.3 is 19.3 Å². The van der Waals surface area contributed by atoms with E-state index in [4.69, 9.17) is 9.47 Å². The average Bonchev–Trinajstić information content (AvgIpc) is 2.52. The highest BCUT2D eigenvalue weighted by atomic mass is 16.6. The summed E-state index contributed by atoms with van der Waals surface area (Å²) in [7, 11) is 1.50. The molecule has 6 heteroatoms. The first-order valence-electron chi connectivity index (χ1n) is 6.58. The van der Waals surface area contributed by atoms with E-state index in [9.17, 15) is 9.59 Å². The molecule has 19 heavy (non-hydrogen) atoms. The van der Waals surface area contributed by atoms with E-state index in [0.717, 1.165) is 6.42 Å². The van der Waals surface area contributed by atoms with Crippen molar-refractivity contribution in [2.24, 2.45) is 0 Å². The summed E-state index contributed by atoms with van der Waals surface area (Å²) in [6.45, 7) is 7.93. The van der Waals surface area contributed by atoms with E-state index in [-0.39, 0.29) is 18.6 Å². The second-order valence-corrected chi connectivity index (χ2v) is 5.63. The molecule has 0 aliphatic carbocycles. The summed E-state index contributed by atoms with van der Waals surface area (Å²) in [6, 6.07) is 0. The zero-order valence-corrected chi connectivity index (χ0v) is 12.3. The van der Waals surface area contributed by atoms with E-state index in [1.165, 1.54) is 7.11 Å². The molecule has 0 aromatic rings. The van der Waals surface area contributed by atoms with Gasteiger partial charge in [0.05, 0.1) is 0 Å². The van der Waals surface area contributed by atoms with E-state index < -0.39 is 5.60 Å². The van der Waals surface area contributed by atoms with Crippen molar-refractivity contribution >= 4 is 12.0 Å². The van der Waals surface area contributed by atoms with Gasteiger partial charge in [-0.2, -0.15) is 0 Å². The number of carbonyl (C=O) groups is 2. The molecule has 0 saturated carbocycles. The minimum Gasteiger partial charge on any atom is -0.444 e. The molecule has 0 N–H and O–H groups in total. The molecule has 6 nitrogen and oxygen atoms in total. The van der Waals surface area contributed by atoms with Crippen LogP contribution in [0, 0.1) is 0 Å². The van der Waals surface area contributed by atoms with Gasteiger partial charge >= 0.3 is 6.09 Å². The van der Waals surface area contributed by atoms with E-state index >= 15 is 0 Å². The minimum atomic E-state index is -0.491. The van der Waals surface area contributed by atoms with Crippen LogP contribution in [0.25, 0.3) is 0 Å². The lowest BCUT2D eigenvalue weighted by molar-refractivity contribution is -0.135. The monoisotopic (exact) mass is 272 g/mol. The van der Waals surface area contributed by atoms with Gasteiger partial charge in [-0.25, -0.2) is 4.79 Å². The van der Waals surface area contributed by atoms with Crippen LogP contribution >= 0.6 is 0 Å². The van der Waals surface area contributed by atoms with Crippen LogP contribution in [0.1, 0.15) is 27.2 Å². The van der Waals surface area contributed by atoms with E-state index in [1.54, 1.807) is 9.80 Å². The lowest BCUT2D eigenvalue weighted by Crippen LogP contribution is -2.40. The molecule has 1 aliphatic rings. The van der Waals surface area contributed by atoms with Crippen LogP contribution < -0.4 is 0 Å². The Morgan fingerprint density at radius 3 is 2.21 bits per heavy atom. The summed E-state index contributed by atoms with van der Waals surface area (Å²) in [5.74, 6) is -0.0338. The fourth-order valence-electron chi connectivity index (χ4n) is 1.89. The Hall–Kier alpha value is -1.30. The summed E-state index contributed by atoms with van der Waals surface area (Å²) in [6.07, 6.45) is 0.447. The number of amides is 2. The quantitative estimate of drug-likeness (QED) is 0.755. The molecule has 0 aromatic heterocycles. The smallest absolute Gasteiger partial charge is 0.410 e. The van der Waals surface area contributed by atoms with Crippen LogP contribution in [0.2, 0.25) is 0 Å². The largest absolute Gasteiger partial charge is 0.444 e. The van der Waals surface area contributed by atoms with Gasteiger partial charge in [-0.3, -0.25) is 4.79 Å². The Kier molecular flexibility index (Phi) is 5.60. The molecule has 110 valence electrons. The van der Waals surface area contributed by atoms with Crippen molar-refractivity contribution in [1.82, 2.24) is 9.80 Å². The van der Waals surface area contributed by atoms with Crippen molar-refractivity contribution in [3.8, 4) is 0 Å². The predicted molar refractivity (Wildman–Crippen MR) is 70.9 cm³/mol. The zero-order valence-electron chi connectivity index (χ0n) is 12.3. The molecule has 0 unspecified atom stereocenters. The number of methoxy groups -OCH3 is 1. The van der Waals surface area contributed by atoms with Crippen LogP contribution in [-0.2, 0) is 14.3 Å².